The molecule has 3 aromatic carbocycles. The molecule has 4 rings (SSSR count). The summed E-state index contributed by atoms with van der Waals surface area (Å²) in [6.45, 7) is 0. The molecule has 37 heavy (non-hydrogen) atoms. The van der Waals surface area contributed by atoms with Crippen molar-refractivity contribution in [1.82, 2.24) is 10.4 Å². The van der Waals surface area contributed by atoms with Crippen LogP contribution in [0.2, 0.25) is 0 Å². The number of nitro benzene ring substituents is 1. The first-order chi connectivity index (χ1) is 17.8. The molecule has 1 aliphatic heterocycles. The zero-order valence-electron chi connectivity index (χ0n) is 19.7. The van der Waals surface area contributed by atoms with Gasteiger partial charge in [-0.05, 0) is 23.8 Å². The fourth-order valence-corrected chi connectivity index (χ4v) is 3.98. The molecule has 1 heterocycles. The van der Waals surface area contributed by atoms with Crippen molar-refractivity contribution in [1.29, 1.82) is 0 Å². The molecule has 4 amide bonds. The highest BCUT2D eigenvalue weighted by atomic mass is 16.6. The number of nitrogens with zero attached hydrogens (tertiary/aromatic N) is 3. The summed E-state index contributed by atoms with van der Waals surface area (Å²) in [6, 6.07) is 19.0. The van der Waals surface area contributed by atoms with E-state index in [1.807, 2.05) is 0 Å². The van der Waals surface area contributed by atoms with Crippen LogP contribution in [-0.2, 0) is 20.8 Å². The van der Waals surface area contributed by atoms with Gasteiger partial charge in [-0.2, -0.15) is 0 Å². The highest BCUT2D eigenvalue weighted by molar-refractivity contribution is 6.24. The fourth-order valence-electron chi connectivity index (χ4n) is 3.98. The van der Waals surface area contributed by atoms with Crippen molar-refractivity contribution in [3.63, 3.8) is 0 Å². The molecule has 1 unspecified atom stereocenters. The van der Waals surface area contributed by atoms with Gasteiger partial charge < -0.3 is 4.74 Å². The number of non-ortho nitro benzene ring substituents is 1. The van der Waals surface area contributed by atoms with E-state index in [4.69, 9.17) is 4.74 Å². The number of carbonyl (C=O) groups excluding carboxylic acids is 4. The topological polar surface area (TPSA) is 139 Å². The van der Waals surface area contributed by atoms with E-state index in [0.717, 1.165) is 22.0 Å². The minimum atomic E-state index is -1.35. The van der Waals surface area contributed by atoms with Gasteiger partial charge in [-0.3, -0.25) is 34.7 Å². The van der Waals surface area contributed by atoms with Crippen LogP contribution < -0.4 is 15.1 Å². The first-order valence-corrected chi connectivity index (χ1v) is 11.2. The maximum absolute atomic E-state index is 13.5. The number of rotatable bonds is 7. The zero-order chi connectivity index (χ0) is 26.5. The van der Waals surface area contributed by atoms with E-state index in [9.17, 15) is 29.3 Å². The molecule has 188 valence electrons. The number of hydrogen-bond acceptors (Lipinski definition) is 7. The van der Waals surface area contributed by atoms with E-state index >= 15 is 0 Å². The Morgan fingerprint density at radius 2 is 1.70 bits per heavy atom. The van der Waals surface area contributed by atoms with Crippen molar-refractivity contribution in [2.75, 3.05) is 12.0 Å². The van der Waals surface area contributed by atoms with Crippen molar-refractivity contribution in [2.24, 2.45) is 0 Å². The molecule has 0 aliphatic carbocycles. The number of ether oxygens (including phenoxy) is 1. The number of methoxy groups -OCH3 is 1. The van der Waals surface area contributed by atoms with E-state index < -0.39 is 41.0 Å². The van der Waals surface area contributed by atoms with Gasteiger partial charge in [0.1, 0.15) is 11.8 Å². The van der Waals surface area contributed by atoms with E-state index in [1.165, 1.54) is 25.3 Å². The van der Waals surface area contributed by atoms with Crippen molar-refractivity contribution in [2.45, 2.75) is 18.9 Å². The molecule has 11 nitrogen and oxygen atoms in total. The Balaban J connectivity index is 1.66. The molecule has 1 saturated heterocycles. The van der Waals surface area contributed by atoms with Crippen molar-refractivity contribution in [3.05, 3.63) is 100 Å². The molecule has 1 atom stereocenters. The van der Waals surface area contributed by atoms with Crippen LogP contribution >= 0.6 is 0 Å². The predicted molar refractivity (Wildman–Crippen MR) is 131 cm³/mol. The largest absolute Gasteiger partial charge is 0.494 e. The molecule has 0 aromatic heterocycles. The van der Waals surface area contributed by atoms with Crippen molar-refractivity contribution in [3.8, 4) is 5.75 Å². The number of nitro groups is 1. The van der Waals surface area contributed by atoms with Gasteiger partial charge >= 0.3 is 0 Å². The van der Waals surface area contributed by atoms with Crippen LogP contribution in [0, 0.1) is 10.1 Å². The lowest BCUT2D eigenvalue weighted by Gasteiger charge is -2.28. The van der Waals surface area contributed by atoms with E-state index in [2.05, 4.69) is 5.43 Å². The van der Waals surface area contributed by atoms with Crippen LogP contribution in [0.5, 0.6) is 5.75 Å². The second-order valence-corrected chi connectivity index (χ2v) is 8.14. The molecular weight excluding hydrogens is 480 g/mol. The van der Waals surface area contributed by atoms with Gasteiger partial charge in [0.05, 0.1) is 36.6 Å². The van der Waals surface area contributed by atoms with Gasteiger partial charge in [-0.25, -0.2) is 9.91 Å². The predicted octanol–water partition coefficient (Wildman–Crippen LogP) is 2.65. The molecule has 1 fully saturated rings. The zero-order valence-corrected chi connectivity index (χ0v) is 19.7. The number of anilines is 1. The number of hydrazine groups is 1. The van der Waals surface area contributed by atoms with Gasteiger partial charge in [0, 0.05) is 11.6 Å². The molecule has 0 saturated carbocycles. The molecule has 0 bridgehead atoms. The number of amides is 4. The monoisotopic (exact) mass is 502 g/mol. The lowest BCUT2D eigenvalue weighted by Crippen LogP contribution is -2.55. The number of nitrogens with one attached hydrogen (secondary N) is 1. The second kappa shape index (κ2) is 10.7. The van der Waals surface area contributed by atoms with Gasteiger partial charge in [0.15, 0.2) is 0 Å². The van der Waals surface area contributed by atoms with Crippen LogP contribution in [0.15, 0.2) is 78.9 Å². The Morgan fingerprint density at radius 3 is 2.32 bits per heavy atom. The maximum Gasteiger partial charge on any atom is 0.273 e. The second-order valence-electron chi connectivity index (χ2n) is 8.14. The van der Waals surface area contributed by atoms with E-state index in [-0.39, 0.29) is 29.1 Å². The Labute approximate surface area is 211 Å². The summed E-state index contributed by atoms with van der Waals surface area (Å²) in [5.41, 5.74) is 3.11. The molecule has 0 spiro atoms. The smallest absolute Gasteiger partial charge is 0.273 e. The summed E-state index contributed by atoms with van der Waals surface area (Å²) in [5.74, 6) is -2.75. The third-order valence-electron chi connectivity index (χ3n) is 5.74. The summed E-state index contributed by atoms with van der Waals surface area (Å²) in [5, 5.41) is 12.0. The third-order valence-corrected chi connectivity index (χ3v) is 5.74. The Morgan fingerprint density at radius 1 is 1.05 bits per heavy atom. The molecule has 3 aromatic rings. The maximum atomic E-state index is 13.5. The van der Waals surface area contributed by atoms with Crippen LogP contribution in [0.3, 0.4) is 0 Å². The molecule has 11 heteroatoms. The Bertz CT molecular complexity index is 1360. The third kappa shape index (κ3) is 5.30. The van der Waals surface area contributed by atoms with Crippen LogP contribution in [0.4, 0.5) is 11.4 Å². The lowest BCUT2D eigenvalue weighted by atomic mass is 10.1. The molecular formula is C26H22N4O7. The van der Waals surface area contributed by atoms with E-state index in [0.29, 0.717) is 5.56 Å². The van der Waals surface area contributed by atoms with Gasteiger partial charge in [0.25, 0.3) is 17.5 Å². The average molecular weight is 502 g/mol. The summed E-state index contributed by atoms with van der Waals surface area (Å²) in [4.78, 5) is 64.0. The highest BCUT2D eigenvalue weighted by Gasteiger charge is 2.46. The van der Waals surface area contributed by atoms with Crippen LogP contribution in [0.1, 0.15) is 22.3 Å². The standard InChI is InChI=1S/C26H22N4O7/c1-37-22-15-19(30(35)36)12-13-20(22)28-24(32)16-21(26(28)34)29(25(33)18-10-6-3-7-11-18)27-23(31)14-17-8-4-2-5-9-17/h2-13,15,21H,14,16H2,1H3,(H,27,31). The normalized spacial score (nSPS) is 14.8. The highest BCUT2D eigenvalue weighted by Crippen LogP contribution is 2.36. The average Bonchev–Trinajstić information content (AvgIpc) is 3.20. The van der Waals surface area contributed by atoms with Crippen molar-refractivity contribution >= 4 is 35.0 Å². The van der Waals surface area contributed by atoms with Crippen LogP contribution in [-0.4, -0.2) is 46.7 Å². The minimum absolute atomic E-state index is 0.00618. The first-order valence-electron chi connectivity index (χ1n) is 11.2. The molecule has 0 radical (unpaired) electrons. The summed E-state index contributed by atoms with van der Waals surface area (Å²) >= 11 is 0. The van der Waals surface area contributed by atoms with Crippen LogP contribution in [0.25, 0.3) is 0 Å². The summed E-state index contributed by atoms with van der Waals surface area (Å²) in [7, 11) is 1.25. The van der Waals surface area contributed by atoms with Gasteiger partial charge in [0.2, 0.25) is 11.8 Å². The number of imide groups is 1. The SMILES string of the molecule is COc1cc([N+](=O)[O-])ccc1N1C(=O)CC(N(NC(=O)Cc2ccccc2)C(=O)c2ccccc2)C1=O. The number of benzene rings is 3. The van der Waals surface area contributed by atoms with Crippen molar-refractivity contribution < 1.29 is 28.8 Å². The quantitative estimate of drug-likeness (QED) is 0.298. The van der Waals surface area contributed by atoms with Gasteiger partial charge in [-0.1, -0.05) is 48.5 Å². The van der Waals surface area contributed by atoms with Gasteiger partial charge in [-0.15, -0.1) is 0 Å². The number of carbonyl (C=O) groups is 4. The minimum Gasteiger partial charge on any atom is -0.494 e. The summed E-state index contributed by atoms with van der Waals surface area (Å²) in [6.07, 6.45) is -0.475. The molecule has 1 aliphatic rings. The Kier molecular flexibility index (Phi) is 7.23. The first kappa shape index (κ1) is 25.0. The molecule has 1 N–H and O–H groups in total. The fraction of sp³-hybridized carbons (Fsp3) is 0.154. The van der Waals surface area contributed by atoms with E-state index in [1.54, 1.807) is 48.5 Å². The number of hydrogen-bond donors (Lipinski definition) is 1. The lowest BCUT2D eigenvalue weighted by molar-refractivity contribution is -0.384. The summed E-state index contributed by atoms with van der Waals surface area (Å²) < 4.78 is 5.19. The Hall–Kier alpha value is -5.06.